The molecule has 4 aliphatic carbocycles. The summed E-state index contributed by atoms with van der Waals surface area (Å²) in [6, 6.07) is 4.60. The summed E-state index contributed by atoms with van der Waals surface area (Å²) in [5.74, 6) is 0.0456. The van der Waals surface area contributed by atoms with Crippen LogP contribution in [0.15, 0.2) is 30.4 Å². The Bertz CT molecular complexity index is 827. The number of carbonyl (C=O) groups is 3. The first kappa shape index (κ1) is 15.1. The highest BCUT2D eigenvalue weighted by Crippen LogP contribution is 2.65. The van der Waals surface area contributed by atoms with E-state index >= 15 is 0 Å². The van der Waals surface area contributed by atoms with Gasteiger partial charge in [-0.3, -0.25) is 9.59 Å². The Balaban J connectivity index is 1.55. The van der Waals surface area contributed by atoms with Gasteiger partial charge in [-0.1, -0.05) is 23.8 Å². The quantitative estimate of drug-likeness (QED) is 0.464. The minimum absolute atomic E-state index is 0.154. The van der Waals surface area contributed by atoms with Crippen LogP contribution in [-0.2, 0) is 14.3 Å². The van der Waals surface area contributed by atoms with Crippen LogP contribution >= 0.6 is 11.6 Å². The van der Waals surface area contributed by atoms with E-state index in [0.717, 1.165) is 6.42 Å². The Morgan fingerprint density at radius 1 is 1.12 bits per heavy atom. The molecule has 1 aromatic carbocycles. The van der Waals surface area contributed by atoms with E-state index in [-0.39, 0.29) is 46.1 Å². The van der Waals surface area contributed by atoms with Crippen molar-refractivity contribution in [1.82, 2.24) is 0 Å². The summed E-state index contributed by atoms with van der Waals surface area (Å²) >= 11 is 6.05. The molecule has 6 heteroatoms. The van der Waals surface area contributed by atoms with Crippen molar-refractivity contribution in [3.8, 4) is 0 Å². The average molecular weight is 358 g/mol. The summed E-state index contributed by atoms with van der Waals surface area (Å²) in [5, 5.41) is 0.232. The van der Waals surface area contributed by atoms with Crippen molar-refractivity contribution in [2.75, 3.05) is 12.0 Å². The molecule has 1 aliphatic heterocycles. The molecule has 128 valence electrons. The summed E-state index contributed by atoms with van der Waals surface area (Å²) in [5.41, 5.74) is 0.545. The normalized spacial score (nSPS) is 37.1. The number of halogens is 1. The Labute approximate surface area is 149 Å². The first-order chi connectivity index (χ1) is 12.0. The Hall–Kier alpha value is -2.14. The van der Waals surface area contributed by atoms with Gasteiger partial charge in [0.2, 0.25) is 11.8 Å². The van der Waals surface area contributed by atoms with Crippen LogP contribution in [0.2, 0.25) is 5.02 Å². The van der Waals surface area contributed by atoms with Crippen molar-refractivity contribution < 1.29 is 19.1 Å². The highest BCUT2D eigenvalue weighted by molar-refractivity contribution is 6.34. The third-order valence-electron chi connectivity index (χ3n) is 6.28. The van der Waals surface area contributed by atoms with E-state index in [9.17, 15) is 14.4 Å². The van der Waals surface area contributed by atoms with E-state index in [0.29, 0.717) is 17.5 Å². The molecule has 0 spiro atoms. The SMILES string of the molecule is COC(=O)c1cc(N2C(=O)[C@@H]3[C@H]4C=C[C@@H]([C@@H]5C[C@H]45)[C@H]3C2=O)ccc1Cl. The van der Waals surface area contributed by atoms with Gasteiger partial charge < -0.3 is 4.74 Å². The van der Waals surface area contributed by atoms with Gasteiger partial charge in [0.05, 0.1) is 35.2 Å². The summed E-state index contributed by atoms with van der Waals surface area (Å²) in [7, 11) is 1.27. The van der Waals surface area contributed by atoms with Crippen LogP contribution in [0.1, 0.15) is 16.8 Å². The van der Waals surface area contributed by atoms with Crippen molar-refractivity contribution in [3.63, 3.8) is 0 Å². The molecule has 2 amide bonds. The number of allylic oxidation sites excluding steroid dienone is 2. The van der Waals surface area contributed by atoms with Crippen molar-refractivity contribution in [2.24, 2.45) is 35.5 Å². The van der Waals surface area contributed by atoms with Crippen LogP contribution < -0.4 is 4.90 Å². The van der Waals surface area contributed by atoms with Crippen LogP contribution in [0.25, 0.3) is 0 Å². The molecule has 1 saturated heterocycles. The molecule has 6 rings (SSSR count). The fourth-order valence-corrected chi connectivity index (χ4v) is 5.32. The molecule has 1 heterocycles. The fourth-order valence-electron chi connectivity index (χ4n) is 5.13. The summed E-state index contributed by atoms with van der Waals surface area (Å²) in [6.07, 6.45) is 5.40. The fraction of sp³-hybridized carbons (Fsp3) is 0.421. The van der Waals surface area contributed by atoms with Crippen LogP contribution in [0.5, 0.6) is 0 Å². The molecule has 0 N–H and O–H groups in total. The maximum Gasteiger partial charge on any atom is 0.339 e. The van der Waals surface area contributed by atoms with Crippen LogP contribution in [0, 0.1) is 35.5 Å². The lowest BCUT2D eigenvalue weighted by Crippen LogP contribution is -2.40. The third kappa shape index (κ3) is 1.87. The molecule has 0 radical (unpaired) electrons. The molecule has 2 saturated carbocycles. The van der Waals surface area contributed by atoms with Gasteiger partial charge >= 0.3 is 5.97 Å². The lowest BCUT2D eigenvalue weighted by atomic mass is 9.63. The van der Waals surface area contributed by atoms with E-state index in [4.69, 9.17) is 16.3 Å². The molecule has 2 bridgehead atoms. The first-order valence-corrected chi connectivity index (χ1v) is 8.84. The van der Waals surface area contributed by atoms with Crippen LogP contribution in [0.4, 0.5) is 5.69 Å². The second kappa shape index (κ2) is 4.94. The second-order valence-corrected chi connectivity index (χ2v) is 7.73. The largest absolute Gasteiger partial charge is 0.465 e. The number of ether oxygens (including phenoxy) is 1. The summed E-state index contributed by atoms with van der Waals surface area (Å²) in [6.45, 7) is 0. The van der Waals surface area contributed by atoms with Crippen LogP contribution in [-0.4, -0.2) is 24.9 Å². The lowest BCUT2D eigenvalue weighted by Gasteiger charge is -2.37. The molecule has 1 aromatic rings. The standard InChI is InChI=1S/C19H16ClNO4/c1-25-19(24)13-6-8(2-5-14(13)20)21-17(22)15-9-3-4-10(12-7-11(9)12)16(15)18(21)23/h2-6,9-12,15-16H,7H2,1H3/t9-,10-,11-,12+,15+,16+/m0/s1. The topological polar surface area (TPSA) is 63.7 Å². The number of benzene rings is 1. The smallest absolute Gasteiger partial charge is 0.339 e. The van der Waals surface area contributed by atoms with Gasteiger partial charge in [-0.15, -0.1) is 0 Å². The summed E-state index contributed by atoms with van der Waals surface area (Å²) < 4.78 is 4.73. The minimum atomic E-state index is -0.591. The van der Waals surface area contributed by atoms with E-state index in [2.05, 4.69) is 12.2 Å². The minimum Gasteiger partial charge on any atom is -0.465 e. The van der Waals surface area contributed by atoms with Crippen LogP contribution in [0.3, 0.4) is 0 Å². The van der Waals surface area contributed by atoms with Crippen molar-refractivity contribution >= 4 is 35.1 Å². The zero-order valence-electron chi connectivity index (χ0n) is 13.5. The van der Waals surface area contributed by atoms with Gasteiger partial charge in [-0.05, 0) is 48.3 Å². The first-order valence-electron chi connectivity index (χ1n) is 8.47. The number of imide groups is 1. The van der Waals surface area contributed by atoms with E-state index in [1.807, 2.05) is 0 Å². The molecule has 0 unspecified atom stereocenters. The molecule has 5 nitrogen and oxygen atoms in total. The monoisotopic (exact) mass is 357 g/mol. The molecule has 25 heavy (non-hydrogen) atoms. The van der Waals surface area contributed by atoms with Crippen molar-refractivity contribution in [3.05, 3.63) is 40.9 Å². The molecular formula is C19H16ClNO4. The van der Waals surface area contributed by atoms with Gasteiger partial charge in [0, 0.05) is 0 Å². The molecule has 6 atom stereocenters. The maximum atomic E-state index is 13.1. The van der Waals surface area contributed by atoms with E-state index < -0.39 is 5.97 Å². The molecule has 5 aliphatic rings. The number of esters is 1. The number of carbonyl (C=O) groups excluding carboxylic acids is 3. The molecule has 3 fully saturated rings. The Morgan fingerprint density at radius 2 is 1.72 bits per heavy atom. The number of hydrogen-bond donors (Lipinski definition) is 0. The predicted molar refractivity (Wildman–Crippen MR) is 90.0 cm³/mol. The zero-order chi connectivity index (χ0) is 17.5. The Kier molecular flexibility index (Phi) is 2.99. The summed E-state index contributed by atoms with van der Waals surface area (Å²) in [4.78, 5) is 39.2. The van der Waals surface area contributed by atoms with Gasteiger partial charge in [0.25, 0.3) is 0 Å². The van der Waals surface area contributed by atoms with Gasteiger partial charge in [-0.2, -0.15) is 0 Å². The molecule has 0 aromatic heterocycles. The Morgan fingerprint density at radius 3 is 2.28 bits per heavy atom. The number of nitrogens with zero attached hydrogens (tertiary/aromatic N) is 1. The zero-order valence-corrected chi connectivity index (χ0v) is 14.3. The lowest BCUT2D eigenvalue weighted by molar-refractivity contribution is -0.124. The van der Waals surface area contributed by atoms with E-state index in [1.54, 1.807) is 6.07 Å². The average Bonchev–Trinajstić information content (AvgIpc) is 3.39. The number of anilines is 1. The van der Waals surface area contributed by atoms with Gasteiger partial charge in [0.1, 0.15) is 0 Å². The van der Waals surface area contributed by atoms with Crippen molar-refractivity contribution in [1.29, 1.82) is 0 Å². The maximum absolute atomic E-state index is 13.1. The highest BCUT2D eigenvalue weighted by Gasteiger charge is 2.67. The number of amides is 2. The highest BCUT2D eigenvalue weighted by atomic mass is 35.5. The van der Waals surface area contributed by atoms with E-state index in [1.165, 1.54) is 24.1 Å². The number of methoxy groups -OCH3 is 1. The third-order valence-corrected chi connectivity index (χ3v) is 6.61. The van der Waals surface area contributed by atoms with Gasteiger partial charge in [-0.25, -0.2) is 9.69 Å². The van der Waals surface area contributed by atoms with Gasteiger partial charge in [0.15, 0.2) is 0 Å². The predicted octanol–water partition coefficient (Wildman–Crippen LogP) is 2.68. The number of rotatable bonds is 2. The molecular weight excluding hydrogens is 342 g/mol. The number of hydrogen-bond acceptors (Lipinski definition) is 4. The van der Waals surface area contributed by atoms with Crippen molar-refractivity contribution in [2.45, 2.75) is 6.42 Å². The second-order valence-electron chi connectivity index (χ2n) is 7.32.